The molecule has 0 bridgehead atoms. The van der Waals surface area contributed by atoms with E-state index in [0.29, 0.717) is 11.9 Å². The molecule has 0 saturated carbocycles. The summed E-state index contributed by atoms with van der Waals surface area (Å²) in [6, 6.07) is 2.04. The van der Waals surface area contributed by atoms with Crippen molar-refractivity contribution in [1.82, 2.24) is 29.0 Å². The molecule has 5 heterocycles. The molecule has 4 aromatic heterocycles. The average molecular weight is 349 g/mol. The molecule has 1 saturated heterocycles. The van der Waals surface area contributed by atoms with Gasteiger partial charge in [0.15, 0.2) is 0 Å². The Morgan fingerprint density at radius 3 is 2.88 bits per heavy atom. The molecule has 0 aromatic carbocycles. The highest BCUT2D eigenvalue weighted by molar-refractivity contribution is 5.79. The summed E-state index contributed by atoms with van der Waals surface area (Å²) in [6.45, 7) is 4.57. The van der Waals surface area contributed by atoms with Crippen LogP contribution in [-0.4, -0.2) is 48.7 Å². The fourth-order valence-electron chi connectivity index (χ4n) is 3.19. The molecule has 132 valence electrons. The monoisotopic (exact) mass is 349 g/mol. The number of imidazole rings is 1. The van der Waals surface area contributed by atoms with Gasteiger partial charge in [-0.3, -0.25) is 4.40 Å². The van der Waals surface area contributed by atoms with Crippen molar-refractivity contribution in [3.8, 4) is 11.1 Å². The van der Waals surface area contributed by atoms with E-state index in [1.807, 2.05) is 39.8 Å². The van der Waals surface area contributed by atoms with Gasteiger partial charge in [0.25, 0.3) is 0 Å². The topological polar surface area (TPSA) is 81.6 Å². The minimum absolute atomic E-state index is 0.551. The van der Waals surface area contributed by atoms with Crippen molar-refractivity contribution < 1.29 is 4.74 Å². The molecule has 0 atom stereocenters. The predicted molar refractivity (Wildman–Crippen MR) is 97.1 cm³/mol. The molecule has 1 fully saturated rings. The third-order valence-electron chi connectivity index (χ3n) is 4.79. The molecule has 5 rings (SSSR count). The normalized spacial score (nSPS) is 14.8. The van der Waals surface area contributed by atoms with E-state index in [-0.39, 0.29) is 0 Å². The Morgan fingerprint density at radius 2 is 2.08 bits per heavy atom. The number of fused-ring (bicyclic) bond motifs is 2. The molecular formula is C18H19N7O. The van der Waals surface area contributed by atoms with Crippen LogP contribution in [0, 0.1) is 5.92 Å². The van der Waals surface area contributed by atoms with E-state index in [0.717, 1.165) is 54.3 Å². The number of aromatic nitrogens is 6. The van der Waals surface area contributed by atoms with Crippen LogP contribution in [0.15, 0.2) is 37.1 Å². The number of rotatable bonds is 5. The highest BCUT2D eigenvalue weighted by Gasteiger charge is 2.18. The standard InChI is InChI=1S/C18H19N7O/c1-2-14-7-22-18-21-6-13(9-24(14)18)15-3-4-25-16(15)8-20-17(23-25)19-5-12-10-26-11-12/h3-4,6-9,12H,2,5,10-11H2,1H3,(H,19,23). The molecule has 0 radical (unpaired) electrons. The summed E-state index contributed by atoms with van der Waals surface area (Å²) in [5, 5.41) is 7.83. The zero-order valence-corrected chi connectivity index (χ0v) is 14.5. The van der Waals surface area contributed by atoms with Gasteiger partial charge in [-0.05, 0) is 12.5 Å². The molecule has 0 amide bonds. The molecule has 1 aliphatic rings. The van der Waals surface area contributed by atoms with Gasteiger partial charge in [-0.15, -0.1) is 5.10 Å². The zero-order chi connectivity index (χ0) is 17.5. The quantitative estimate of drug-likeness (QED) is 0.594. The van der Waals surface area contributed by atoms with E-state index in [2.05, 4.69) is 38.5 Å². The number of anilines is 1. The molecule has 8 heteroatoms. The average Bonchev–Trinajstić information content (AvgIpc) is 3.23. The number of hydrogen-bond acceptors (Lipinski definition) is 6. The highest BCUT2D eigenvalue weighted by atomic mass is 16.5. The van der Waals surface area contributed by atoms with Crippen molar-refractivity contribution in [3.63, 3.8) is 0 Å². The third kappa shape index (κ3) is 2.50. The Kier molecular flexibility index (Phi) is 3.56. The second-order valence-corrected chi connectivity index (χ2v) is 6.54. The van der Waals surface area contributed by atoms with Gasteiger partial charge < -0.3 is 10.1 Å². The Labute approximate surface area is 149 Å². The second kappa shape index (κ2) is 6.06. The van der Waals surface area contributed by atoms with Gasteiger partial charge in [0.1, 0.15) is 0 Å². The van der Waals surface area contributed by atoms with Gasteiger partial charge >= 0.3 is 0 Å². The van der Waals surface area contributed by atoms with E-state index < -0.39 is 0 Å². The summed E-state index contributed by atoms with van der Waals surface area (Å²) in [5.74, 6) is 1.90. The van der Waals surface area contributed by atoms with Crippen molar-refractivity contribution in [2.24, 2.45) is 5.92 Å². The van der Waals surface area contributed by atoms with E-state index in [1.54, 1.807) is 0 Å². The lowest BCUT2D eigenvalue weighted by Gasteiger charge is -2.25. The number of ether oxygens (including phenoxy) is 1. The second-order valence-electron chi connectivity index (χ2n) is 6.54. The molecule has 4 aromatic rings. The third-order valence-corrected chi connectivity index (χ3v) is 4.79. The van der Waals surface area contributed by atoms with Crippen molar-refractivity contribution >= 4 is 17.2 Å². The lowest BCUT2D eigenvalue weighted by atomic mass is 10.1. The lowest BCUT2D eigenvalue weighted by molar-refractivity contribution is -0.0249. The van der Waals surface area contributed by atoms with Crippen molar-refractivity contribution in [2.75, 3.05) is 25.1 Å². The van der Waals surface area contributed by atoms with Gasteiger partial charge in [-0.1, -0.05) is 6.92 Å². The Hall–Kier alpha value is -3.00. The van der Waals surface area contributed by atoms with Crippen LogP contribution in [0.2, 0.25) is 0 Å². The van der Waals surface area contributed by atoms with Gasteiger partial charge in [0, 0.05) is 47.9 Å². The van der Waals surface area contributed by atoms with Crippen LogP contribution in [0.25, 0.3) is 22.4 Å². The van der Waals surface area contributed by atoms with Crippen LogP contribution in [0.3, 0.4) is 0 Å². The van der Waals surface area contributed by atoms with Gasteiger partial charge in [0.2, 0.25) is 11.7 Å². The fourth-order valence-corrected chi connectivity index (χ4v) is 3.19. The highest BCUT2D eigenvalue weighted by Crippen LogP contribution is 2.25. The summed E-state index contributed by atoms with van der Waals surface area (Å²) < 4.78 is 9.07. The zero-order valence-electron chi connectivity index (χ0n) is 14.5. The first kappa shape index (κ1) is 15.3. The van der Waals surface area contributed by atoms with E-state index >= 15 is 0 Å². The molecule has 1 aliphatic heterocycles. The maximum absolute atomic E-state index is 5.19. The predicted octanol–water partition coefficient (Wildman–Crippen LogP) is 2.06. The van der Waals surface area contributed by atoms with Gasteiger partial charge in [0.05, 0.1) is 31.1 Å². The van der Waals surface area contributed by atoms with Crippen LogP contribution in [0.1, 0.15) is 12.6 Å². The summed E-state index contributed by atoms with van der Waals surface area (Å²) in [6.07, 6.45) is 10.5. The maximum atomic E-state index is 5.19. The van der Waals surface area contributed by atoms with Crippen LogP contribution < -0.4 is 5.32 Å². The Bertz CT molecular complexity index is 1080. The lowest BCUT2D eigenvalue weighted by Crippen LogP contribution is -2.33. The minimum atomic E-state index is 0.551. The molecule has 8 nitrogen and oxygen atoms in total. The van der Waals surface area contributed by atoms with Crippen molar-refractivity contribution in [3.05, 3.63) is 42.7 Å². The smallest absolute Gasteiger partial charge is 0.241 e. The van der Waals surface area contributed by atoms with E-state index in [4.69, 9.17) is 4.74 Å². The molecular weight excluding hydrogens is 330 g/mol. The van der Waals surface area contributed by atoms with Crippen LogP contribution in [0.4, 0.5) is 5.95 Å². The largest absolute Gasteiger partial charge is 0.381 e. The number of nitrogens with zero attached hydrogens (tertiary/aromatic N) is 6. The summed E-state index contributed by atoms with van der Waals surface area (Å²) >= 11 is 0. The molecule has 0 aliphatic carbocycles. The van der Waals surface area contributed by atoms with Gasteiger partial charge in [-0.25, -0.2) is 19.5 Å². The first-order valence-electron chi connectivity index (χ1n) is 8.80. The van der Waals surface area contributed by atoms with E-state index in [1.165, 1.54) is 0 Å². The molecule has 26 heavy (non-hydrogen) atoms. The Balaban J connectivity index is 1.48. The number of nitrogens with one attached hydrogen (secondary N) is 1. The van der Waals surface area contributed by atoms with E-state index in [9.17, 15) is 0 Å². The SMILES string of the molecule is CCc1cnc2ncc(-c3ccn4nc(NCC5COC5)ncc34)cn12. The molecule has 0 spiro atoms. The first-order chi connectivity index (χ1) is 12.8. The van der Waals surface area contributed by atoms with Crippen LogP contribution in [0.5, 0.6) is 0 Å². The maximum Gasteiger partial charge on any atom is 0.241 e. The number of hydrogen-bond donors (Lipinski definition) is 1. The molecule has 0 unspecified atom stereocenters. The summed E-state index contributed by atoms with van der Waals surface area (Å²) in [4.78, 5) is 13.3. The first-order valence-corrected chi connectivity index (χ1v) is 8.80. The summed E-state index contributed by atoms with van der Waals surface area (Å²) in [5.41, 5.74) is 4.15. The Morgan fingerprint density at radius 1 is 1.19 bits per heavy atom. The minimum Gasteiger partial charge on any atom is -0.381 e. The molecule has 1 N–H and O–H groups in total. The fraction of sp³-hybridized carbons (Fsp3) is 0.333. The van der Waals surface area contributed by atoms with Gasteiger partial charge in [-0.2, -0.15) is 0 Å². The van der Waals surface area contributed by atoms with Crippen molar-refractivity contribution in [1.29, 1.82) is 0 Å². The number of aryl methyl sites for hydroxylation is 1. The van der Waals surface area contributed by atoms with Crippen LogP contribution in [-0.2, 0) is 11.2 Å². The van der Waals surface area contributed by atoms with Crippen molar-refractivity contribution in [2.45, 2.75) is 13.3 Å². The summed E-state index contributed by atoms with van der Waals surface area (Å²) in [7, 11) is 0. The van der Waals surface area contributed by atoms with Crippen LogP contribution >= 0.6 is 0 Å².